The van der Waals surface area contributed by atoms with Crippen molar-refractivity contribution in [3.63, 3.8) is 0 Å². The zero-order valence-electron chi connectivity index (χ0n) is 17.8. The molecule has 0 fully saturated rings. The Morgan fingerprint density at radius 1 is 0.968 bits per heavy atom. The van der Waals surface area contributed by atoms with Gasteiger partial charge in [-0.1, -0.05) is 96.0 Å². The average Bonchev–Trinajstić information content (AvgIpc) is 2.78. The van der Waals surface area contributed by atoms with Crippen LogP contribution in [0.15, 0.2) is 84.9 Å². The van der Waals surface area contributed by atoms with E-state index >= 15 is 0 Å². The molecule has 31 heavy (non-hydrogen) atoms. The van der Waals surface area contributed by atoms with Gasteiger partial charge in [-0.25, -0.2) is 0 Å². The summed E-state index contributed by atoms with van der Waals surface area (Å²) in [6.45, 7) is 0.515. The molecule has 3 rings (SSSR count). The molecule has 3 aromatic carbocycles. The number of carbonyl (C=O) groups excluding carboxylic acids is 1. The Morgan fingerprint density at radius 3 is 2.16 bits per heavy atom. The standard InChI is InChI=1S/C24H25NO4S.Na/c1-25(18-20-10-4-2-5-11-20)24(29-16-17-30(27)28,22-13-6-3-7-14-22)23-15-9-8-12-21(23)19-26;/h2-15,19H,16-18H2,1H3,(H,27,28);/q;+1/p-1. The fourth-order valence-corrected chi connectivity index (χ4v) is 3.87. The summed E-state index contributed by atoms with van der Waals surface area (Å²) < 4.78 is 28.7. The Labute approximate surface area is 208 Å². The molecule has 0 aromatic heterocycles. The molecule has 0 saturated carbocycles. The summed E-state index contributed by atoms with van der Waals surface area (Å²) in [7, 11) is 1.91. The molecule has 3 aromatic rings. The summed E-state index contributed by atoms with van der Waals surface area (Å²) in [6.07, 6.45) is 0.804. The number of hydrogen-bond acceptors (Lipinski definition) is 5. The Balaban J connectivity index is 0.00000341. The summed E-state index contributed by atoms with van der Waals surface area (Å²) in [4.78, 5) is 13.9. The largest absolute Gasteiger partial charge is 1.00 e. The van der Waals surface area contributed by atoms with Crippen molar-refractivity contribution in [2.24, 2.45) is 0 Å². The van der Waals surface area contributed by atoms with E-state index in [1.165, 1.54) is 0 Å². The molecule has 0 heterocycles. The minimum atomic E-state index is -2.23. The van der Waals surface area contributed by atoms with E-state index in [9.17, 15) is 13.6 Å². The minimum Gasteiger partial charge on any atom is -0.772 e. The second kappa shape index (κ2) is 12.4. The average molecular weight is 446 g/mol. The first kappa shape index (κ1) is 25.6. The molecule has 0 aliphatic heterocycles. The zero-order chi connectivity index (χ0) is 21.4. The molecule has 0 N–H and O–H groups in total. The quantitative estimate of drug-likeness (QED) is 0.199. The predicted molar refractivity (Wildman–Crippen MR) is 117 cm³/mol. The maximum Gasteiger partial charge on any atom is 1.00 e. The molecule has 0 spiro atoms. The first-order valence-corrected chi connectivity index (χ1v) is 10.9. The SMILES string of the molecule is CN(Cc1ccccc1)C(OCCS(=O)[O-])(c1ccccc1)c1ccccc1C=O.[Na+]. The van der Waals surface area contributed by atoms with Crippen LogP contribution >= 0.6 is 0 Å². The van der Waals surface area contributed by atoms with Gasteiger partial charge in [0.2, 0.25) is 0 Å². The van der Waals surface area contributed by atoms with Gasteiger partial charge in [-0.05, 0) is 12.6 Å². The van der Waals surface area contributed by atoms with Crippen LogP contribution in [-0.4, -0.2) is 39.4 Å². The molecule has 0 saturated heterocycles. The van der Waals surface area contributed by atoms with E-state index in [-0.39, 0.29) is 41.9 Å². The third kappa shape index (κ3) is 6.20. The molecule has 0 aliphatic carbocycles. The van der Waals surface area contributed by atoms with Crippen molar-refractivity contribution in [1.29, 1.82) is 0 Å². The molecule has 2 unspecified atom stereocenters. The monoisotopic (exact) mass is 445 g/mol. The maximum atomic E-state index is 11.9. The van der Waals surface area contributed by atoms with Crippen LogP contribution < -0.4 is 29.6 Å². The van der Waals surface area contributed by atoms with Gasteiger partial charge < -0.3 is 9.29 Å². The summed E-state index contributed by atoms with van der Waals surface area (Å²) >= 11 is -2.23. The molecule has 0 aliphatic rings. The van der Waals surface area contributed by atoms with Gasteiger partial charge in [0, 0.05) is 29.0 Å². The summed E-state index contributed by atoms with van der Waals surface area (Å²) in [6, 6.07) is 26.7. The Bertz CT molecular complexity index is 987. The minimum absolute atomic E-state index is 0. The van der Waals surface area contributed by atoms with Gasteiger partial charge in [0.15, 0.2) is 12.0 Å². The van der Waals surface area contributed by atoms with Crippen LogP contribution in [0, 0.1) is 0 Å². The van der Waals surface area contributed by atoms with Crippen LogP contribution in [0.2, 0.25) is 0 Å². The fraction of sp³-hybridized carbons (Fsp3) is 0.208. The van der Waals surface area contributed by atoms with Crippen molar-refractivity contribution >= 4 is 17.4 Å². The summed E-state index contributed by atoms with van der Waals surface area (Å²) in [5.41, 5.74) is 1.90. The van der Waals surface area contributed by atoms with Gasteiger partial charge in [-0.15, -0.1) is 0 Å². The van der Waals surface area contributed by atoms with Crippen molar-refractivity contribution < 1.29 is 47.9 Å². The van der Waals surface area contributed by atoms with Crippen molar-refractivity contribution in [3.05, 3.63) is 107 Å². The molecular formula is C24H24NNaO4S. The van der Waals surface area contributed by atoms with Crippen molar-refractivity contribution in [2.75, 3.05) is 19.4 Å². The van der Waals surface area contributed by atoms with Crippen LogP contribution in [0.3, 0.4) is 0 Å². The predicted octanol–water partition coefficient (Wildman–Crippen LogP) is 0.732. The van der Waals surface area contributed by atoms with Gasteiger partial charge >= 0.3 is 29.6 Å². The molecule has 2 atom stereocenters. The summed E-state index contributed by atoms with van der Waals surface area (Å²) in [5, 5.41) is 0. The van der Waals surface area contributed by atoms with E-state index in [0.29, 0.717) is 17.7 Å². The van der Waals surface area contributed by atoms with E-state index in [1.54, 1.807) is 12.1 Å². The number of rotatable bonds is 10. The number of ether oxygens (including phenoxy) is 1. The molecule has 0 amide bonds. The van der Waals surface area contributed by atoms with Crippen molar-refractivity contribution in [1.82, 2.24) is 4.90 Å². The van der Waals surface area contributed by atoms with E-state index in [0.717, 1.165) is 17.4 Å². The van der Waals surface area contributed by atoms with E-state index in [1.807, 2.05) is 84.7 Å². The van der Waals surface area contributed by atoms with Gasteiger partial charge in [-0.2, -0.15) is 0 Å². The molecule has 7 heteroatoms. The van der Waals surface area contributed by atoms with E-state index in [4.69, 9.17) is 4.74 Å². The number of hydrogen-bond donors (Lipinski definition) is 0. The number of benzene rings is 3. The van der Waals surface area contributed by atoms with Gasteiger partial charge in [0.1, 0.15) is 0 Å². The number of nitrogens with zero attached hydrogens (tertiary/aromatic N) is 1. The van der Waals surface area contributed by atoms with Crippen LogP contribution in [0.5, 0.6) is 0 Å². The van der Waals surface area contributed by atoms with Crippen LogP contribution in [-0.2, 0) is 28.1 Å². The van der Waals surface area contributed by atoms with Crippen LogP contribution in [0.1, 0.15) is 27.0 Å². The van der Waals surface area contributed by atoms with Gasteiger partial charge in [0.05, 0.1) is 6.61 Å². The fourth-order valence-electron chi connectivity index (χ4n) is 3.65. The normalized spacial score (nSPS) is 13.8. The first-order valence-electron chi connectivity index (χ1n) is 9.63. The Kier molecular flexibility index (Phi) is 10.3. The second-order valence-electron chi connectivity index (χ2n) is 6.91. The zero-order valence-corrected chi connectivity index (χ0v) is 20.6. The molecule has 156 valence electrons. The Hall–Kier alpha value is -1.64. The van der Waals surface area contributed by atoms with Crippen molar-refractivity contribution in [3.8, 4) is 0 Å². The third-order valence-corrected chi connectivity index (χ3v) is 5.48. The molecule has 0 radical (unpaired) electrons. The topological polar surface area (TPSA) is 69.7 Å². The van der Waals surface area contributed by atoms with Gasteiger partial charge in [-0.3, -0.25) is 13.9 Å². The van der Waals surface area contributed by atoms with Crippen LogP contribution in [0.4, 0.5) is 0 Å². The molecular weight excluding hydrogens is 421 g/mol. The van der Waals surface area contributed by atoms with Gasteiger partial charge in [0.25, 0.3) is 0 Å². The second-order valence-corrected chi connectivity index (χ2v) is 7.93. The number of carbonyl (C=O) groups is 1. The Morgan fingerprint density at radius 2 is 1.55 bits per heavy atom. The van der Waals surface area contributed by atoms with E-state index in [2.05, 4.69) is 0 Å². The summed E-state index contributed by atoms with van der Waals surface area (Å²) in [5.74, 6) is -0.142. The first-order chi connectivity index (χ1) is 14.6. The smallest absolute Gasteiger partial charge is 0.772 e. The molecule has 0 bridgehead atoms. The van der Waals surface area contributed by atoms with E-state index < -0.39 is 16.8 Å². The third-order valence-electron chi connectivity index (χ3n) is 4.98. The van der Waals surface area contributed by atoms with Crippen molar-refractivity contribution in [2.45, 2.75) is 12.3 Å². The number of aldehydes is 1. The molecule has 5 nitrogen and oxygen atoms in total. The maximum absolute atomic E-state index is 11.9. The van der Waals surface area contributed by atoms with Crippen LogP contribution in [0.25, 0.3) is 0 Å².